The van der Waals surface area contributed by atoms with Gasteiger partial charge in [-0.25, -0.2) is 15.0 Å². The molecule has 0 spiro atoms. The quantitative estimate of drug-likeness (QED) is 0.555. The predicted molar refractivity (Wildman–Crippen MR) is 116 cm³/mol. The highest BCUT2D eigenvalue weighted by Crippen LogP contribution is 2.38. The van der Waals surface area contributed by atoms with E-state index in [1.54, 1.807) is 6.33 Å². The molecule has 29 heavy (non-hydrogen) atoms. The average molecular weight is 440 g/mol. The molecule has 3 heterocycles. The van der Waals surface area contributed by atoms with E-state index >= 15 is 0 Å². The third-order valence-corrected chi connectivity index (χ3v) is 10.5. The van der Waals surface area contributed by atoms with Gasteiger partial charge in [0.2, 0.25) is 0 Å². The van der Waals surface area contributed by atoms with Gasteiger partial charge in [0, 0.05) is 18.6 Å². The number of ether oxygens (including phenoxy) is 3. The molecular formula is C18H29N5O4SSi. The summed E-state index contributed by atoms with van der Waals surface area (Å²) in [5.74, 6) is 0.331. The van der Waals surface area contributed by atoms with Crippen LogP contribution in [-0.4, -0.2) is 59.0 Å². The topological polar surface area (TPSA) is 107 Å². The highest BCUT2D eigenvalue weighted by molar-refractivity contribution is 7.79. The molecule has 0 radical (unpaired) electrons. The van der Waals surface area contributed by atoms with Crippen molar-refractivity contribution < 1.29 is 18.6 Å². The standard InChI is InChI=1S/C18H29N5O4SSi/c1-18(2,3)29(5,6)25-8-12-11(27-17(28)24-4)7-13(26-12)23-10-22-14-15(19)20-9-21-16(14)23/h9-13H,7-8H2,1-6H3,(H2,19,20,21)/t11-,12-,13+/m1/s1. The van der Waals surface area contributed by atoms with E-state index in [9.17, 15) is 0 Å². The van der Waals surface area contributed by atoms with Crippen molar-refractivity contribution in [1.29, 1.82) is 0 Å². The fourth-order valence-corrected chi connectivity index (χ4v) is 4.04. The van der Waals surface area contributed by atoms with Crippen LogP contribution in [0, 0.1) is 0 Å². The van der Waals surface area contributed by atoms with E-state index in [0.29, 0.717) is 30.0 Å². The Morgan fingerprint density at radius 2 is 2.07 bits per heavy atom. The zero-order chi connectivity index (χ0) is 21.4. The van der Waals surface area contributed by atoms with Crippen LogP contribution in [0.1, 0.15) is 33.4 Å². The van der Waals surface area contributed by atoms with Crippen molar-refractivity contribution in [2.24, 2.45) is 0 Å². The minimum absolute atomic E-state index is 0.0821. The lowest BCUT2D eigenvalue weighted by molar-refractivity contribution is -0.0411. The van der Waals surface area contributed by atoms with E-state index in [1.807, 2.05) is 4.57 Å². The zero-order valence-electron chi connectivity index (χ0n) is 17.7. The Hall–Kier alpha value is -1.82. The van der Waals surface area contributed by atoms with Gasteiger partial charge in [0.05, 0.1) is 20.0 Å². The number of rotatable bonds is 5. The van der Waals surface area contributed by atoms with E-state index in [1.165, 1.54) is 13.4 Å². The number of imidazole rings is 1. The largest absolute Gasteiger partial charge is 0.460 e. The molecular weight excluding hydrogens is 410 g/mol. The van der Waals surface area contributed by atoms with Crippen molar-refractivity contribution in [3.63, 3.8) is 0 Å². The maximum absolute atomic E-state index is 6.37. The summed E-state index contributed by atoms with van der Waals surface area (Å²) in [5, 5.41) is 0.177. The highest BCUT2D eigenvalue weighted by atomic mass is 32.1. The van der Waals surface area contributed by atoms with Crippen molar-refractivity contribution >= 4 is 42.8 Å². The van der Waals surface area contributed by atoms with Crippen LogP contribution in [0.3, 0.4) is 0 Å². The molecule has 0 aliphatic carbocycles. The first-order valence-electron chi connectivity index (χ1n) is 9.50. The van der Waals surface area contributed by atoms with E-state index in [2.05, 4.69) is 48.8 Å². The van der Waals surface area contributed by atoms with Crippen LogP contribution in [0.4, 0.5) is 5.82 Å². The lowest BCUT2D eigenvalue weighted by atomic mass is 10.2. The van der Waals surface area contributed by atoms with Crippen LogP contribution in [0.25, 0.3) is 11.2 Å². The molecule has 1 saturated heterocycles. The second kappa shape index (κ2) is 8.13. The summed E-state index contributed by atoms with van der Waals surface area (Å²) in [6.45, 7) is 11.4. The lowest BCUT2D eigenvalue weighted by Gasteiger charge is -2.37. The Kier molecular flexibility index (Phi) is 6.13. The summed E-state index contributed by atoms with van der Waals surface area (Å²) < 4.78 is 25.4. The molecule has 2 aromatic rings. The molecule has 9 nitrogen and oxygen atoms in total. The predicted octanol–water partition coefficient (Wildman–Crippen LogP) is 3.03. The smallest absolute Gasteiger partial charge is 0.352 e. The number of methoxy groups -OCH3 is 1. The Bertz CT molecular complexity index is 885. The molecule has 0 aromatic carbocycles. The molecule has 160 valence electrons. The van der Waals surface area contributed by atoms with Gasteiger partial charge < -0.3 is 24.4 Å². The number of nitrogen functional groups attached to an aromatic ring is 1. The summed E-state index contributed by atoms with van der Waals surface area (Å²) >= 11 is 5.11. The monoisotopic (exact) mass is 439 g/mol. The van der Waals surface area contributed by atoms with E-state index in [0.717, 1.165) is 0 Å². The zero-order valence-corrected chi connectivity index (χ0v) is 19.5. The molecule has 3 atom stereocenters. The molecule has 1 fully saturated rings. The average Bonchev–Trinajstić information content (AvgIpc) is 3.23. The molecule has 0 unspecified atom stereocenters. The number of nitrogens with zero attached hydrogens (tertiary/aromatic N) is 4. The number of hydrogen-bond acceptors (Lipinski definition) is 9. The first kappa shape index (κ1) is 21.9. The summed E-state index contributed by atoms with van der Waals surface area (Å²) in [5.41, 5.74) is 7.06. The maximum atomic E-state index is 6.37. The van der Waals surface area contributed by atoms with Gasteiger partial charge >= 0.3 is 5.24 Å². The third-order valence-electron chi connectivity index (χ3n) is 5.71. The van der Waals surface area contributed by atoms with Gasteiger partial charge in [-0.1, -0.05) is 20.8 Å². The summed E-state index contributed by atoms with van der Waals surface area (Å²) in [7, 11) is -0.460. The number of aromatic nitrogens is 4. The number of thiocarbonyl (C=S) groups is 1. The van der Waals surface area contributed by atoms with Gasteiger partial charge in [-0.05, 0) is 18.1 Å². The Morgan fingerprint density at radius 3 is 2.72 bits per heavy atom. The minimum Gasteiger partial charge on any atom is -0.460 e. The van der Waals surface area contributed by atoms with Gasteiger partial charge in [-0.2, -0.15) is 0 Å². The lowest BCUT2D eigenvalue weighted by Crippen LogP contribution is -2.44. The molecule has 0 saturated carbocycles. The molecule has 11 heteroatoms. The highest BCUT2D eigenvalue weighted by Gasteiger charge is 2.43. The summed E-state index contributed by atoms with van der Waals surface area (Å²) in [6, 6.07) is 0. The second-order valence-corrected chi connectivity index (χ2v) is 13.8. The molecule has 2 aromatic heterocycles. The molecule has 2 N–H and O–H groups in total. The van der Waals surface area contributed by atoms with Crippen LogP contribution >= 0.6 is 12.2 Å². The number of anilines is 1. The summed E-state index contributed by atoms with van der Waals surface area (Å²) in [4.78, 5) is 12.6. The van der Waals surface area contributed by atoms with Crippen LogP contribution < -0.4 is 5.73 Å². The third kappa shape index (κ3) is 4.52. The normalized spacial score (nSPS) is 22.8. The van der Waals surface area contributed by atoms with Crippen molar-refractivity contribution in [2.75, 3.05) is 19.5 Å². The SMILES string of the molecule is COC(=S)O[C@@H]1C[C@@H](n2cnc3c(N)ncnc32)O[C@@H]1CO[Si](C)(C)C(C)(C)C. The Morgan fingerprint density at radius 1 is 1.34 bits per heavy atom. The van der Waals surface area contributed by atoms with Crippen LogP contribution in [0.2, 0.25) is 18.1 Å². The van der Waals surface area contributed by atoms with Crippen LogP contribution in [0.15, 0.2) is 12.7 Å². The van der Waals surface area contributed by atoms with Gasteiger partial charge in [0.15, 0.2) is 19.8 Å². The van der Waals surface area contributed by atoms with Crippen molar-refractivity contribution in [2.45, 2.75) is 63.8 Å². The van der Waals surface area contributed by atoms with E-state index < -0.39 is 8.32 Å². The number of hydrogen-bond donors (Lipinski definition) is 1. The van der Waals surface area contributed by atoms with E-state index in [4.69, 9.17) is 36.6 Å². The minimum atomic E-state index is -1.95. The van der Waals surface area contributed by atoms with E-state index in [-0.39, 0.29) is 28.7 Å². The van der Waals surface area contributed by atoms with Crippen LogP contribution in [-0.2, 0) is 18.6 Å². The van der Waals surface area contributed by atoms with Crippen LogP contribution in [0.5, 0.6) is 0 Å². The molecule has 0 bridgehead atoms. The molecule has 1 aliphatic heterocycles. The number of nitrogens with two attached hydrogens (primary N) is 1. The first-order chi connectivity index (χ1) is 13.5. The molecule has 3 rings (SSSR count). The van der Waals surface area contributed by atoms with Crippen molar-refractivity contribution in [3.05, 3.63) is 12.7 Å². The van der Waals surface area contributed by atoms with Crippen molar-refractivity contribution in [1.82, 2.24) is 19.5 Å². The second-order valence-electron chi connectivity index (χ2n) is 8.63. The maximum Gasteiger partial charge on any atom is 0.352 e. The van der Waals surface area contributed by atoms with Gasteiger partial charge in [0.1, 0.15) is 30.3 Å². The molecule has 1 aliphatic rings. The van der Waals surface area contributed by atoms with Gasteiger partial charge in [-0.15, -0.1) is 0 Å². The van der Waals surface area contributed by atoms with Gasteiger partial charge in [-0.3, -0.25) is 4.57 Å². The summed E-state index contributed by atoms with van der Waals surface area (Å²) in [6.07, 6.45) is 2.66. The van der Waals surface area contributed by atoms with Gasteiger partial charge in [0.25, 0.3) is 0 Å². The fourth-order valence-electron chi connectivity index (χ4n) is 2.90. The fraction of sp³-hybridized carbons (Fsp3) is 0.667. The molecule has 0 amide bonds. The number of fused-ring (bicyclic) bond motifs is 1. The Labute approximate surface area is 177 Å². The Balaban J connectivity index is 1.81. The first-order valence-corrected chi connectivity index (χ1v) is 12.8. The van der Waals surface area contributed by atoms with Crippen molar-refractivity contribution in [3.8, 4) is 0 Å².